The Morgan fingerprint density at radius 1 is 1.26 bits per heavy atom. The lowest BCUT2D eigenvalue weighted by Gasteiger charge is -2.20. The Balaban J connectivity index is 2.44. The van der Waals surface area contributed by atoms with Gasteiger partial charge in [0, 0.05) is 11.5 Å². The molecule has 1 aromatic heterocycles. The summed E-state index contributed by atoms with van der Waals surface area (Å²) in [6.07, 6.45) is 0.981. The summed E-state index contributed by atoms with van der Waals surface area (Å²) in [5.41, 5.74) is 5.95. The van der Waals surface area contributed by atoms with Gasteiger partial charge in [0.05, 0.1) is 6.54 Å². The monoisotopic (exact) mass is 268 g/mol. The van der Waals surface area contributed by atoms with Gasteiger partial charge in [0.15, 0.2) is 0 Å². The van der Waals surface area contributed by atoms with Crippen LogP contribution in [0.3, 0.4) is 0 Å². The molecule has 1 atom stereocenters. The summed E-state index contributed by atoms with van der Waals surface area (Å²) in [5, 5.41) is 8.19. The van der Waals surface area contributed by atoms with Crippen LogP contribution in [-0.4, -0.2) is 34.7 Å². The van der Waals surface area contributed by atoms with E-state index >= 15 is 0 Å². The van der Waals surface area contributed by atoms with Crippen molar-refractivity contribution in [1.29, 1.82) is 0 Å². The molecular weight excluding hydrogens is 240 g/mol. The molecule has 2 N–H and O–H groups in total. The van der Waals surface area contributed by atoms with E-state index in [9.17, 15) is 0 Å². The summed E-state index contributed by atoms with van der Waals surface area (Å²) in [6.45, 7) is 12.1. The molecule has 0 aliphatic heterocycles. The van der Waals surface area contributed by atoms with Crippen molar-refractivity contribution in [3.8, 4) is 0 Å². The third-order valence-electron chi connectivity index (χ3n) is 3.21. The molecule has 0 aromatic carbocycles. The molecule has 5 nitrogen and oxygen atoms in total. The molecule has 19 heavy (non-hydrogen) atoms. The highest BCUT2D eigenvalue weighted by Gasteiger charge is 2.21. The van der Waals surface area contributed by atoms with E-state index in [0.29, 0.717) is 24.2 Å². The standard InChI is InChI=1S/C14H28N4O/c1-10(2)11(15)7-8-18(6)9-12-16-17-13(19-12)14(3,4)5/h10-11H,7-9,15H2,1-6H3. The summed E-state index contributed by atoms with van der Waals surface area (Å²) < 4.78 is 5.68. The average Bonchev–Trinajstić information content (AvgIpc) is 2.73. The van der Waals surface area contributed by atoms with Crippen molar-refractivity contribution < 1.29 is 4.42 Å². The molecule has 5 heteroatoms. The predicted octanol–water partition coefficient (Wildman–Crippen LogP) is 2.17. The Bertz CT molecular complexity index is 381. The zero-order chi connectivity index (χ0) is 14.6. The Morgan fingerprint density at radius 2 is 1.89 bits per heavy atom. The average molecular weight is 268 g/mol. The molecule has 1 aromatic rings. The van der Waals surface area contributed by atoms with Crippen molar-refractivity contribution in [3.63, 3.8) is 0 Å². The van der Waals surface area contributed by atoms with E-state index in [2.05, 4.69) is 49.7 Å². The summed E-state index contributed by atoms with van der Waals surface area (Å²) in [7, 11) is 2.05. The SMILES string of the molecule is CC(C)C(N)CCN(C)Cc1nnc(C(C)(C)C)o1. The molecule has 0 spiro atoms. The third-order valence-corrected chi connectivity index (χ3v) is 3.21. The molecule has 0 radical (unpaired) electrons. The first-order valence-electron chi connectivity index (χ1n) is 6.97. The zero-order valence-electron chi connectivity index (χ0n) is 13.1. The fraction of sp³-hybridized carbons (Fsp3) is 0.857. The second kappa shape index (κ2) is 6.48. The van der Waals surface area contributed by atoms with Crippen molar-refractivity contribution in [3.05, 3.63) is 11.8 Å². The van der Waals surface area contributed by atoms with E-state index in [4.69, 9.17) is 10.2 Å². The summed E-state index contributed by atoms with van der Waals surface area (Å²) >= 11 is 0. The van der Waals surface area contributed by atoms with Gasteiger partial charge in [-0.3, -0.25) is 4.90 Å². The van der Waals surface area contributed by atoms with Crippen LogP contribution in [0.25, 0.3) is 0 Å². The number of nitrogens with zero attached hydrogens (tertiary/aromatic N) is 3. The van der Waals surface area contributed by atoms with Crippen LogP contribution in [-0.2, 0) is 12.0 Å². The van der Waals surface area contributed by atoms with E-state index in [1.807, 2.05) is 7.05 Å². The highest BCUT2D eigenvalue weighted by molar-refractivity contribution is 4.95. The van der Waals surface area contributed by atoms with Gasteiger partial charge in [-0.05, 0) is 25.9 Å². The van der Waals surface area contributed by atoms with Crippen LogP contribution in [0.4, 0.5) is 0 Å². The van der Waals surface area contributed by atoms with Gasteiger partial charge in [0.1, 0.15) is 0 Å². The van der Waals surface area contributed by atoms with Gasteiger partial charge in [-0.1, -0.05) is 34.6 Å². The number of hydrogen-bond acceptors (Lipinski definition) is 5. The molecule has 1 heterocycles. The van der Waals surface area contributed by atoms with Crippen LogP contribution in [0.2, 0.25) is 0 Å². The first-order chi connectivity index (χ1) is 8.70. The van der Waals surface area contributed by atoms with Crippen LogP contribution < -0.4 is 5.73 Å². The lowest BCUT2D eigenvalue weighted by atomic mass is 9.97. The van der Waals surface area contributed by atoms with Crippen LogP contribution in [0.5, 0.6) is 0 Å². The van der Waals surface area contributed by atoms with E-state index < -0.39 is 0 Å². The highest BCUT2D eigenvalue weighted by Crippen LogP contribution is 2.20. The quantitative estimate of drug-likeness (QED) is 0.856. The summed E-state index contributed by atoms with van der Waals surface area (Å²) in [6, 6.07) is 0.246. The maximum atomic E-state index is 6.04. The lowest BCUT2D eigenvalue weighted by molar-refractivity contribution is 0.259. The first-order valence-corrected chi connectivity index (χ1v) is 6.97. The van der Waals surface area contributed by atoms with Gasteiger partial charge in [-0.15, -0.1) is 10.2 Å². The molecule has 0 bridgehead atoms. The second-order valence-corrected chi connectivity index (χ2v) is 6.69. The summed E-state index contributed by atoms with van der Waals surface area (Å²) in [5.74, 6) is 1.88. The molecule has 0 amide bonds. The van der Waals surface area contributed by atoms with Crippen LogP contribution in [0.15, 0.2) is 4.42 Å². The normalized spacial score (nSPS) is 14.4. The largest absolute Gasteiger partial charge is 0.423 e. The zero-order valence-corrected chi connectivity index (χ0v) is 13.1. The van der Waals surface area contributed by atoms with Crippen molar-refractivity contribution >= 4 is 0 Å². The summed E-state index contributed by atoms with van der Waals surface area (Å²) in [4.78, 5) is 2.17. The van der Waals surface area contributed by atoms with E-state index in [1.54, 1.807) is 0 Å². The first kappa shape index (κ1) is 16.1. The van der Waals surface area contributed by atoms with E-state index in [-0.39, 0.29) is 11.5 Å². The molecule has 0 fully saturated rings. The molecule has 1 rings (SSSR count). The van der Waals surface area contributed by atoms with Gasteiger partial charge in [0.25, 0.3) is 0 Å². The van der Waals surface area contributed by atoms with Crippen LogP contribution in [0, 0.1) is 5.92 Å². The minimum Gasteiger partial charge on any atom is -0.423 e. The van der Waals surface area contributed by atoms with E-state index in [1.165, 1.54) is 0 Å². The van der Waals surface area contributed by atoms with Crippen molar-refractivity contribution in [2.24, 2.45) is 11.7 Å². The molecule has 0 aliphatic carbocycles. The van der Waals surface area contributed by atoms with E-state index in [0.717, 1.165) is 13.0 Å². The topological polar surface area (TPSA) is 68.2 Å². The third kappa shape index (κ3) is 5.28. The van der Waals surface area contributed by atoms with Gasteiger partial charge >= 0.3 is 0 Å². The maximum absolute atomic E-state index is 6.04. The van der Waals surface area contributed by atoms with Crippen molar-refractivity contribution in [1.82, 2.24) is 15.1 Å². The van der Waals surface area contributed by atoms with Gasteiger partial charge in [-0.2, -0.15) is 0 Å². The van der Waals surface area contributed by atoms with Gasteiger partial charge < -0.3 is 10.2 Å². The fourth-order valence-electron chi connectivity index (χ4n) is 1.63. The molecule has 110 valence electrons. The molecule has 0 aliphatic rings. The Kier molecular flexibility index (Phi) is 5.50. The highest BCUT2D eigenvalue weighted by atomic mass is 16.4. The minimum absolute atomic E-state index is 0.0934. The minimum atomic E-state index is -0.0934. The Labute approximate surface area is 116 Å². The molecule has 1 unspecified atom stereocenters. The van der Waals surface area contributed by atoms with Gasteiger partial charge in [-0.25, -0.2) is 0 Å². The Hall–Kier alpha value is -0.940. The van der Waals surface area contributed by atoms with Gasteiger partial charge in [0.2, 0.25) is 11.8 Å². The number of hydrogen-bond donors (Lipinski definition) is 1. The number of rotatable bonds is 6. The molecule has 0 saturated heterocycles. The Morgan fingerprint density at radius 3 is 2.37 bits per heavy atom. The number of nitrogens with two attached hydrogens (primary N) is 1. The van der Waals surface area contributed by atoms with Crippen molar-refractivity contribution in [2.45, 2.75) is 59.0 Å². The predicted molar refractivity (Wildman–Crippen MR) is 76.8 cm³/mol. The smallest absolute Gasteiger partial charge is 0.230 e. The lowest BCUT2D eigenvalue weighted by Crippen LogP contribution is -2.31. The fourth-order valence-corrected chi connectivity index (χ4v) is 1.63. The second-order valence-electron chi connectivity index (χ2n) is 6.69. The number of aromatic nitrogens is 2. The van der Waals surface area contributed by atoms with Crippen LogP contribution >= 0.6 is 0 Å². The maximum Gasteiger partial charge on any atom is 0.230 e. The van der Waals surface area contributed by atoms with Crippen LogP contribution in [0.1, 0.15) is 52.8 Å². The molecule has 0 saturated carbocycles. The van der Waals surface area contributed by atoms with Crippen molar-refractivity contribution in [2.75, 3.05) is 13.6 Å². The molecular formula is C14H28N4O.